The number of rotatable bonds is 12. The first-order valence-electron chi connectivity index (χ1n) is 19.0. The minimum absolute atomic E-state index is 0.0466. The fourth-order valence-electron chi connectivity index (χ4n) is 8.93. The van der Waals surface area contributed by atoms with E-state index in [2.05, 4.69) is 50.4 Å². The third-order valence-electron chi connectivity index (χ3n) is 11.8. The maximum atomic E-state index is 14.2. The zero-order valence-corrected chi connectivity index (χ0v) is 30.0. The fraction of sp³-hybridized carbons (Fsp3) is 0.452. The summed E-state index contributed by atoms with van der Waals surface area (Å²) < 4.78 is 0. The Morgan fingerprint density at radius 2 is 1.69 bits per heavy atom. The molecule has 4 atom stereocenters. The molecule has 4 fully saturated rings. The highest BCUT2D eigenvalue weighted by Gasteiger charge is 2.44. The predicted molar refractivity (Wildman–Crippen MR) is 203 cm³/mol. The summed E-state index contributed by atoms with van der Waals surface area (Å²) in [7, 11) is 0. The van der Waals surface area contributed by atoms with Gasteiger partial charge in [-0.1, -0.05) is 36.4 Å². The number of hydrogen-bond donors (Lipinski definition) is 4. The van der Waals surface area contributed by atoms with Gasteiger partial charge in [0.2, 0.25) is 5.56 Å². The summed E-state index contributed by atoms with van der Waals surface area (Å²) in [6, 6.07) is 24.3. The van der Waals surface area contributed by atoms with Gasteiger partial charge in [0.1, 0.15) is 5.75 Å². The number of aromatic amines is 1. The molecule has 0 radical (unpaired) electrons. The van der Waals surface area contributed by atoms with E-state index in [1.54, 1.807) is 29.2 Å². The van der Waals surface area contributed by atoms with E-state index in [9.17, 15) is 24.6 Å². The van der Waals surface area contributed by atoms with Crippen LogP contribution in [0.2, 0.25) is 0 Å². The van der Waals surface area contributed by atoms with E-state index in [-0.39, 0.29) is 35.7 Å². The van der Waals surface area contributed by atoms with Crippen molar-refractivity contribution in [3.8, 4) is 5.75 Å². The number of aromatic hydroxyl groups is 1. The summed E-state index contributed by atoms with van der Waals surface area (Å²) in [5.41, 5.74) is 3.16. The Kier molecular flexibility index (Phi) is 11.1. The number of likely N-dealkylation sites (tertiary alicyclic amines) is 1. The number of nitrogens with one attached hydrogen (secondary N) is 2. The van der Waals surface area contributed by atoms with Crippen molar-refractivity contribution in [2.75, 3.05) is 52.4 Å². The lowest BCUT2D eigenvalue weighted by Crippen LogP contribution is -2.58. The number of hydrogen-bond acceptors (Lipinski definition) is 7. The quantitative estimate of drug-likeness (QED) is 0.150. The predicted octanol–water partition coefficient (Wildman–Crippen LogP) is 5.14. The van der Waals surface area contributed by atoms with E-state index in [1.807, 2.05) is 19.1 Å². The fourth-order valence-corrected chi connectivity index (χ4v) is 8.93. The highest BCUT2D eigenvalue weighted by atomic mass is 16.3. The molecule has 3 aromatic carbocycles. The lowest BCUT2D eigenvalue weighted by atomic mass is 9.70. The van der Waals surface area contributed by atoms with Crippen molar-refractivity contribution in [1.29, 1.82) is 0 Å². The molecule has 4 aromatic rings. The summed E-state index contributed by atoms with van der Waals surface area (Å²) in [4.78, 5) is 48.6. The Labute approximate surface area is 305 Å². The van der Waals surface area contributed by atoms with E-state index in [0.29, 0.717) is 71.4 Å². The SMILES string of the molecule is CCN(CCCNC[C@H](O)c1ccc(O)c2[nH]c(=O)ccc12)C(=O)c1ccc(C(=O)N2CCC(c3ccccc3)C[C@@H]2C2CN3CCC2CC3)cc1. The van der Waals surface area contributed by atoms with Crippen LogP contribution >= 0.6 is 0 Å². The average molecular weight is 706 g/mol. The normalized spacial score (nSPS) is 23.4. The minimum Gasteiger partial charge on any atom is -0.506 e. The van der Waals surface area contributed by atoms with Crippen LogP contribution in [0, 0.1) is 11.8 Å². The lowest BCUT2D eigenvalue weighted by Gasteiger charge is -2.52. The second-order valence-electron chi connectivity index (χ2n) is 14.8. The number of aliphatic hydroxyl groups excluding tert-OH is 1. The second kappa shape index (κ2) is 16.0. The molecule has 10 nitrogen and oxygen atoms in total. The zero-order chi connectivity index (χ0) is 36.2. The summed E-state index contributed by atoms with van der Waals surface area (Å²) in [5.74, 6) is 1.58. The molecule has 4 aliphatic heterocycles. The third-order valence-corrected chi connectivity index (χ3v) is 11.8. The molecule has 0 saturated carbocycles. The smallest absolute Gasteiger partial charge is 0.254 e. The van der Waals surface area contributed by atoms with Crippen molar-refractivity contribution in [3.63, 3.8) is 0 Å². The topological polar surface area (TPSA) is 129 Å². The van der Waals surface area contributed by atoms with Gasteiger partial charge in [0.25, 0.3) is 11.8 Å². The van der Waals surface area contributed by atoms with E-state index >= 15 is 0 Å². The highest BCUT2D eigenvalue weighted by Crippen LogP contribution is 2.42. The molecule has 2 bridgehead atoms. The molecule has 4 saturated heterocycles. The second-order valence-corrected chi connectivity index (χ2v) is 14.8. The van der Waals surface area contributed by atoms with Crippen LogP contribution in [-0.2, 0) is 0 Å². The van der Waals surface area contributed by atoms with Crippen LogP contribution in [0.25, 0.3) is 10.9 Å². The van der Waals surface area contributed by atoms with Gasteiger partial charge in [0.05, 0.1) is 11.6 Å². The van der Waals surface area contributed by atoms with Gasteiger partial charge in [-0.2, -0.15) is 0 Å². The lowest BCUT2D eigenvalue weighted by molar-refractivity contribution is -0.0155. The molecule has 8 rings (SSSR count). The van der Waals surface area contributed by atoms with Crippen LogP contribution < -0.4 is 10.9 Å². The number of aliphatic hydroxyl groups is 1. The molecule has 4 N–H and O–H groups in total. The Balaban J connectivity index is 0.944. The van der Waals surface area contributed by atoms with Crippen molar-refractivity contribution in [1.82, 2.24) is 25.0 Å². The Morgan fingerprint density at radius 1 is 0.942 bits per heavy atom. The number of carbonyl (C=O) groups excluding carboxylic acids is 2. The number of phenols is 1. The Bertz CT molecular complexity index is 1910. The largest absolute Gasteiger partial charge is 0.506 e. The first-order valence-corrected chi connectivity index (χ1v) is 19.0. The summed E-state index contributed by atoms with van der Waals surface area (Å²) in [5, 5.41) is 24.8. The van der Waals surface area contributed by atoms with Gasteiger partial charge < -0.3 is 35.2 Å². The molecule has 10 heteroatoms. The van der Waals surface area contributed by atoms with Crippen LogP contribution in [0.15, 0.2) is 83.7 Å². The van der Waals surface area contributed by atoms with Crippen molar-refractivity contribution < 1.29 is 19.8 Å². The number of nitrogens with zero attached hydrogens (tertiary/aromatic N) is 3. The molecule has 4 aliphatic rings. The number of pyridine rings is 1. The number of amides is 2. The average Bonchev–Trinajstić information content (AvgIpc) is 3.19. The van der Waals surface area contributed by atoms with Gasteiger partial charge in [0, 0.05) is 61.3 Å². The number of phenolic OH excluding ortho intramolecular Hbond substituents is 1. The monoisotopic (exact) mass is 705 g/mol. The third kappa shape index (κ3) is 7.65. The number of carbonyl (C=O) groups is 2. The maximum Gasteiger partial charge on any atom is 0.254 e. The van der Waals surface area contributed by atoms with E-state index in [0.717, 1.165) is 25.9 Å². The Hall–Kier alpha value is -4.51. The molecule has 1 aromatic heterocycles. The Morgan fingerprint density at radius 3 is 2.40 bits per heavy atom. The molecular weight excluding hydrogens is 654 g/mol. The van der Waals surface area contributed by atoms with Crippen LogP contribution in [-0.4, -0.2) is 100 Å². The van der Waals surface area contributed by atoms with Gasteiger partial charge >= 0.3 is 0 Å². The van der Waals surface area contributed by atoms with E-state index < -0.39 is 6.10 Å². The molecule has 274 valence electrons. The van der Waals surface area contributed by atoms with E-state index in [4.69, 9.17) is 0 Å². The van der Waals surface area contributed by atoms with Crippen LogP contribution in [0.1, 0.15) is 82.9 Å². The molecular formula is C42H51N5O5. The molecule has 0 aliphatic carbocycles. The summed E-state index contributed by atoms with van der Waals surface area (Å²) >= 11 is 0. The summed E-state index contributed by atoms with van der Waals surface area (Å²) in [6.45, 7) is 8.10. The first-order chi connectivity index (χ1) is 25.3. The number of fused-ring (bicyclic) bond motifs is 4. The van der Waals surface area contributed by atoms with Gasteiger partial charge in [0.15, 0.2) is 0 Å². The standard InChI is InChI=1S/C42H51N5O5/c1-2-46(21-6-20-43-26-38(49)33-13-15-37(48)40-34(33)14-16-39(50)44-40)41(51)30-9-11-31(12-10-30)42(52)47-24-19-32(28-7-4-3-5-8-28)25-36(47)35-27-45-22-17-29(35)18-23-45/h3-5,7-16,29,32,35-36,38,43,48-49H,2,6,17-27H2,1H3,(H,44,50)/t32?,35?,36-,38+/m1/s1. The van der Waals surface area contributed by atoms with Crippen LogP contribution in [0.4, 0.5) is 0 Å². The van der Waals surface area contributed by atoms with Crippen LogP contribution in [0.5, 0.6) is 5.75 Å². The molecule has 5 heterocycles. The number of H-pyrrole nitrogens is 1. The van der Waals surface area contributed by atoms with Crippen LogP contribution in [0.3, 0.4) is 0 Å². The number of piperidine rings is 4. The molecule has 0 spiro atoms. The van der Waals surface area contributed by atoms with E-state index in [1.165, 1.54) is 43.6 Å². The van der Waals surface area contributed by atoms with Gasteiger partial charge in [-0.15, -0.1) is 0 Å². The van der Waals surface area contributed by atoms with Crippen molar-refractivity contribution in [3.05, 3.63) is 111 Å². The molecule has 2 amide bonds. The van der Waals surface area contributed by atoms with Crippen molar-refractivity contribution in [2.24, 2.45) is 11.8 Å². The molecule has 2 unspecified atom stereocenters. The number of aromatic nitrogens is 1. The maximum absolute atomic E-state index is 14.2. The highest BCUT2D eigenvalue weighted by molar-refractivity contribution is 5.98. The van der Waals surface area contributed by atoms with Gasteiger partial charge in [-0.25, -0.2) is 0 Å². The minimum atomic E-state index is -0.847. The van der Waals surface area contributed by atoms with Gasteiger partial charge in [-0.3, -0.25) is 14.4 Å². The number of benzene rings is 3. The zero-order valence-electron chi connectivity index (χ0n) is 30.0. The summed E-state index contributed by atoms with van der Waals surface area (Å²) in [6.07, 6.45) is 4.24. The first kappa shape index (κ1) is 35.9. The van der Waals surface area contributed by atoms with Gasteiger partial charge in [-0.05, 0) is 124 Å². The molecule has 52 heavy (non-hydrogen) atoms. The van der Waals surface area contributed by atoms with Crippen molar-refractivity contribution in [2.45, 2.75) is 57.1 Å². The van der Waals surface area contributed by atoms with Crippen molar-refractivity contribution >= 4 is 22.7 Å².